The Morgan fingerprint density at radius 1 is 0.846 bits per heavy atom. The minimum Gasteiger partial charge on any atom is -0.343 e. The van der Waals surface area contributed by atoms with Crippen molar-refractivity contribution >= 4 is 47.2 Å². The molecule has 1 saturated heterocycles. The summed E-state index contributed by atoms with van der Waals surface area (Å²) in [5, 5.41) is 6.24. The summed E-state index contributed by atoms with van der Waals surface area (Å²) in [6, 6.07) is 19.4. The number of hydrogen-bond acceptors (Lipinski definition) is 2. The molecule has 0 saturated carbocycles. The van der Waals surface area contributed by atoms with Crippen LogP contribution in [-0.2, 0) is 4.79 Å². The third-order valence-corrected chi connectivity index (χ3v) is 4.12. The first kappa shape index (κ1) is 20.2. The number of nitrogens with zero attached hydrogens (tertiary/aromatic N) is 2. The SMILES string of the molecule is I.O=C(CN=C(Nc1ccccc1)N1CCCCC1)Nc1ccccc1. The van der Waals surface area contributed by atoms with Crippen LogP contribution in [0, 0.1) is 0 Å². The second-order valence-electron chi connectivity index (χ2n) is 6.09. The Labute approximate surface area is 171 Å². The standard InChI is InChI=1S/C20H24N4O.HI/c25-19(22-17-10-4-1-5-11-17)16-21-20(24-14-8-3-9-15-24)23-18-12-6-2-7-13-18;/h1-2,4-7,10-13H,3,8-9,14-16H2,(H,21,23)(H,22,25);1H. The molecule has 0 aromatic heterocycles. The summed E-state index contributed by atoms with van der Waals surface area (Å²) >= 11 is 0. The van der Waals surface area contributed by atoms with Gasteiger partial charge in [-0.25, -0.2) is 4.99 Å². The van der Waals surface area contributed by atoms with Gasteiger partial charge in [-0.1, -0.05) is 36.4 Å². The van der Waals surface area contributed by atoms with E-state index in [0.29, 0.717) is 0 Å². The van der Waals surface area contributed by atoms with Gasteiger partial charge in [0.25, 0.3) is 0 Å². The fourth-order valence-corrected chi connectivity index (χ4v) is 2.84. The first-order valence-corrected chi connectivity index (χ1v) is 8.77. The van der Waals surface area contributed by atoms with Crippen molar-refractivity contribution in [2.75, 3.05) is 30.3 Å². The summed E-state index contributed by atoms with van der Waals surface area (Å²) in [6.45, 7) is 2.04. The number of para-hydroxylation sites is 2. The molecule has 138 valence electrons. The molecule has 0 unspecified atom stereocenters. The van der Waals surface area contributed by atoms with Crippen LogP contribution >= 0.6 is 24.0 Å². The molecule has 1 amide bonds. The van der Waals surface area contributed by atoms with Gasteiger partial charge in [0.1, 0.15) is 6.54 Å². The Morgan fingerprint density at radius 3 is 1.96 bits per heavy atom. The van der Waals surface area contributed by atoms with Gasteiger partial charge in [0, 0.05) is 24.5 Å². The van der Waals surface area contributed by atoms with Gasteiger partial charge in [-0.2, -0.15) is 0 Å². The highest BCUT2D eigenvalue weighted by Gasteiger charge is 2.15. The maximum Gasteiger partial charge on any atom is 0.246 e. The van der Waals surface area contributed by atoms with Crippen molar-refractivity contribution in [3.63, 3.8) is 0 Å². The van der Waals surface area contributed by atoms with Gasteiger partial charge in [-0.05, 0) is 43.5 Å². The number of carbonyl (C=O) groups is 1. The van der Waals surface area contributed by atoms with E-state index >= 15 is 0 Å². The van der Waals surface area contributed by atoms with E-state index in [1.54, 1.807) is 0 Å². The van der Waals surface area contributed by atoms with E-state index in [9.17, 15) is 4.79 Å². The van der Waals surface area contributed by atoms with Crippen molar-refractivity contribution < 1.29 is 4.79 Å². The number of rotatable bonds is 4. The lowest BCUT2D eigenvalue weighted by molar-refractivity contribution is -0.114. The quantitative estimate of drug-likeness (QED) is 0.405. The summed E-state index contributed by atoms with van der Waals surface area (Å²) in [5.41, 5.74) is 1.77. The van der Waals surface area contributed by atoms with Crippen molar-refractivity contribution in [2.45, 2.75) is 19.3 Å². The van der Waals surface area contributed by atoms with E-state index < -0.39 is 0 Å². The number of halogens is 1. The number of aliphatic imine (C=N–C) groups is 1. The van der Waals surface area contributed by atoms with Crippen LogP contribution in [0.3, 0.4) is 0 Å². The molecule has 1 heterocycles. The van der Waals surface area contributed by atoms with Gasteiger partial charge in [0.2, 0.25) is 5.91 Å². The van der Waals surface area contributed by atoms with Crippen LogP contribution in [0.2, 0.25) is 0 Å². The molecule has 3 rings (SSSR count). The number of likely N-dealkylation sites (tertiary alicyclic amines) is 1. The number of hydrogen-bond donors (Lipinski definition) is 2. The molecule has 1 aliphatic rings. The van der Waals surface area contributed by atoms with E-state index in [2.05, 4.69) is 20.5 Å². The molecule has 1 fully saturated rings. The molecule has 0 bridgehead atoms. The van der Waals surface area contributed by atoms with Crippen LogP contribution in [-0.4, -0.2) is 36.4 Å². The molecule has 1 aliphatic heterocycles. The monoisotopic (exact) mass is 464 g/mol. The number of carbonyl (C=O) groups excluding carboxylic acids is 1. The van der Waals surface area contributed by atoms with Gasteiger partial charge in [0.05, 0.1) is 0 Å². The van der Waals surface area contributed by atoms with Gasteiger partial charge in [0.15, 0.2) is 5.96 Å². The largest absolute Gasteiger partial charge is 0.343 e. The zero-order chi connectivity index (χ0) is 17.3. The molecule has 0 atom stereocenters. The van der Waals surface area contributed by atoms with Gasteiger partial charge in [-0.3, -0.25) is 4.79 Å². The predicted molar refractivity (Wildman–Crippen MR) is 118 cm³/mol. The first-order chi connectivity index (χ1) is 12.3. The maximum atomic E-state index is 12.2. The fraction of sp³-hybridized carbons (Fsp3) is 0.300. The summed E-state index contributed by atoms with van der Waals surface area (Å²) in [7, 11) is 0. The van der Waals surface area contributed by atoms with Crippen LogP contribution in [0.15, 0.2) is 65.7 Å². The molecule has 6 heteroatoms. The van der Waals surface area contributed by atoms with Crippen molar-refractivity contribution in [3.05, 3.63) is 60.7 Å². The maximum absolute atomic E-state index is 12.2. The Balaban J connectivity index is 0.00000243. The van der Waals surface area contributed by atoms with Crippen LogP contribution in [0.5, 0.6) is 0 Å². The molecule has 0 aliphatic carbocycles. The topological polar surface area (TPSA) is 56.7 Å². The lowest BCUT2D eigenvalue weighted by Crippen LogP contribution is -2.40. The van der Waals surface area contributed by atoms with E-state index in [0.717, 1.165) is 43.3 Å². The number of nitrogens with one attached hydrogen (secondary N) is 2. The number of guanidine groups is 1. The smallest absolute Gasteiger partial charge is 0.246 e. The molecule has 2 N–H and O–H groups in total. The molecule has 2 aromatic carbocycles. The van der Waals surface area contributed by atoms with Crippen molar-refractivity contribution in [3.8, 4) is 0 Å². The zero-order valence-corrected chi connectivity index (χ0v) is 17.1. The number of amides is 1. The Hall–Kier alpha value is -2.09. The second kappa shape index (κ2) is 10.8. The number of piperidine rings is 1. The van der Waals surface area contributed by atoms with Crippen molar-refractivity contribution in [1.82, 2.24) is 4.90 Å². The molecular formula is C20H25IN4O. The molecule has 5 nitrogen and oxygen atoms in total. The minimum atomic E-state index is -0.115. The number of benzene rings is 2. The number of anilines is 2. The summed E-state index contributed by atoms with van der Waals surface area (Å²) < 4.78 is 0. The van der Waals surface area contributed by atoms with Gasteiger partial charge >= 0.3 is 0 Å². The zero-order valence-electron chi connectivity index (χ0n) is 14.7. The third kappa shape index (κ3) is 6.33. The highest BCUT2D eigenvalue weighted by molar-refractivity contribution is 14.0. The lowest BCUT2D eigenvalue weighted by atomic mass is 10.1. The van der Waals surface area contributed by atoms with Crippen LogP contribution < -0.4 is 10.6 Å². The Bertz CT molecular complexity index is 700. The van der Waals surface area contributed by atoms with Crippen LogP contribution in [0.1, 0.15) is 19.3 Å². The lowest BCUT2D eigenvalue weighted by Gasteiger charge is -2.30. The molecule has 26 heavy (non-hydrogen) atoms. The molecular weight excluding hydrogens is 439 g/mol. The average molecular weight is 464 g/mol. The Kier molecular flexibility index (Phi) is 8.40. The fourth-order valence-electron chi connectivity index (χ4n) is 2.84. The minimum absolute atomic E-state index is 0. The summed E-state index contributed by atoms with van der Waals surface area (Å²) in [6.07, 6.45) is 3.57. The van der Waals surface area contributed by atoms with E-state index in [-0.39, 0.29) is 36.4 Å². The average Bonchev–Trinajstić information content (AvgIpc) is 2.67. The molecule has 2 aromatic rings. The Morgan fingerprint density at radius 2 is 1.38 bits per heavy atom. The van der Waals surface area contributed by atoms with Crippen molar-refractivity contribution in [1.29, 1.82) is 0 Å². The summed E-state index contributed by atoms with van der Waals surface area (Å²) in [4.78, 5) is 19.0. The molecule has 0 spiro atoms. The second-order valence-corrected chi connectivity index (χ2v) is 6.09. The van der Waals surface area contributed by atoms with Gasteiger partial charge in [-0.15, -0.1) is 24.0 Å². The third-order valence-electron chi connectivity index (χ3n) is 4.12. The highest BCUT2D eigenvalue weighted by atomic mass is 127. The van der Waals surface area contributed by atoms with E-state index in [1.165, 1.54) is 6.42 Å². The molecule has 0 radical (unpaired) electrons. The van der Waals surface area contributed by atoms with Crippen LogP contribution in [0.4, 0.5) is 11.4 Å². The highest BCUT2D eigenvalue weighted by Crippen LogP contribution is 2.13. The predicted octanol–water partition coefficient (Wildman–Crippen LogP) is 4.20. The van der Waals surface area contributed by atoms with E-state index in [1.807, 2.05) is 60.7 Å². The van der Waals surface area contributed by atoms with Crippen molar-refractivity contribution in [2.24, 2.45) is 4.99 Å². The van der Waals surface area contributed by atoms with Gasteiger partial charge < -0.3 is 15.5 Å². The normalized spacial score (nSPS) is 14.3. The summed E-state index contributed by atoms with van der Waals surface area (Å²) in [5.74, 6) is 0.657. The van der Waals surface area contributed by atoms with Crippen LogP contribution in [0.25, 0.3) is 0 Å². The van der Waals surface area contributed by atoms with E-state index in [4.69, 9.17) is 0 Å². The first-order valence-electron chi connectivity index (χ1n) is 8.77.